The third kappa shape index (κ3) is 2.81. The van der Waals surface area contributed by atoms with E-state index in [0.29, 0.717) is 5.02 Å². The number of rotatable bonds is 2. The monoisotopic (exact) mass is 313 g/mol. The lowest BCUT2D eigenvalue weighted by Gasteiger charge is -2.22. The van der Waals surface area contributed by atoms with Crippen LogP contribution in [0.3, 0.4) is 0 Å². The van der Waals surface area contributed by atoms with Crippen molar-refractivity contribution in [3.63, 3.8) is 0 Å². The Labute approximate surface area is 136 Å². The van der Waals surface area contributed by atoms with Crippen LogP contribution in [0.2, 0.25) is 5.02 Å². The fourth-order valence-corrected chi connectivity index (χ4v) is 2.69. The van der Waals surface area contributed by atoms with Crippen LogP contribution in [-0.4, -0.2) is 14.9 Å². The van der Waals surface area contributed by atoms with Gasteiger partial charge in [0.25, 0.3) is 0 Å². The van der Waals surface area contributed by atoms with Crippen LogP contribution in [0.1, 0.15) is 26.3 Å². The van der Waals surface area contributed by atoms with Crippen LogP contribution >= 0.6 is 11.6 Å². The lowest BCUT2D eigenvalue weighted by Crippen LogP contribution is -2.27. The fraction of sp³-hybridized carbons (Fsp3) is 0.278. The molecular formula is C18H20ClN3. The fourth-order valence-electron chi connectivity index (χ4n) is 2.46. The Balaban J connectivity index is 2.28. The third-order valence-electron chi connectivity index (χ3n) is 3.40. The molecule has 0 spiro atoms. The predicted octanol–water partition coefficient (Wildman–Crippen LogP) is 5.17. The van der Waals surface area contributed by atoms with Gasteiger partial charge >= 0.3 is 0 Å². The molecule has 0 aliphatic heterocycles. The molecule has 0 aliphatic carbocycles. The van der Waals surface area contributed by atoms with Crippen LogP contribution in [0.25, 0.3) is 16.9 Å². The number of benzene rings is 1. The molecule has 0 radical (unpaired) electrons. The smallest absolute Gasteiger partial charge is 0.139 e. The summed E-state index contributed by atoms with van der Waals surface area (Å²) < 4.78 is 2.08. The summed E-state index contributed by atoms with van der Waals surface area (Å²) in [6.45, 7) is 8.48. The molecule has 0 saturated heterocycles. The first-order chi connectivity index (χ1) is 10.3. The molecule has 0 amide bonds. The molecule has 3 rings (SSSR count). The summed E-state index contributed by atoms with van der Waals surface area (Å²) in [6, 6.07) is 12.0. The molecule has 0 fully saturated rings. The van der Waals surface area contributed by atoms with Gasteiger partial charge in [0.05, 0.1) is 5.02 Å². The Hall–Kier alpha value is -2.00. The number of nitrogens with zero attached hydrogens (tertiary/aromatic N) is 2. The summed E-state index contributed by atoms with van der Waals surface area (Å²) >= 11 is 6.38. The Morgan fingerprint density at radius 3 is 2.55 bits per heavy atom. The van der Waals surface area contributed by atoms with E-state index in [1.165, 1.54) is 5.56 Å². The number of nitrogens with one attached hydrogen (secondary N) is 1. The van der Waals surface area contributed by atoms with Gasteiger partial charge in [-0.1, -0.05) is 29.8 Å². The van der Waals surface area contributed by atoms with Crippen LogP contribution < -0.4 is 5.32 Å². The zero-order valence-corrected chi connectivity index (χ0v) is 14.1. The van der Waals surface area contributed by atoms with E-state index in [2.05, 4.69) is 49.5 Å². The van der Waals surface area contributed by atoms with Gasteiger partial charge in [0, 0.05) is 17.3 Å². The molecule has 3 aromatic rings. The number of imidazole rings is 1. The highest BCUT2D eigenvalue weighted by atomic mass is 35.5. The summed E-state index contributed by atoms with van der Waals surface area (Å²) in [5, 5.41) is 4.27. The molecule has 0 bridgehead atoms. The van der Waals surface area contributed by atoms with E-state index in [9.17, 15) is 0 Å². The summed E-state index contributed by atoms with van der Waals surface area (Å²) in [5.74, 6) is 0.968. The molecule has 3 nitrogen and oxygen atoms in total. The highest BCUT2D eigenvalue weighted by Gasteiger charge is 2.20. The maximum Gasteiger partial charge on any atom is 0.139 e. The van der Waals surface area contributed by atoms with Gasteiger partial charge in [-0.15, -0.1) is 0 Å². The van der Waals surface area contributed by atoms with Gasteiger partial charge in [-0.25, -0.2) is 4.98 Å². The van der Waals surface area contributed by atoms with E-state index in [1.54, 1.807) is 0 Å². The maximum absolute atomic E-state index is 6.38. The van der Waals surface area contributed by atoms with Gasteiger partial charge in [0.15, 0.2) is 0 Å². The van der Waals surface area contributed by atoms with Crippen molar-refractivity contribution in [2.24, 2.45) is 0 Å². The first-order valence-electron chi connectivity index (χ1n) is 7.37. The number of hydrogen-bond acceptors (Lipinski definition) is 2. The topological polar surface area (TPSA) is 29.3 Å². The van der Waals surface area contributed by atoms with Crippen LogP contribution in [-0.2, 0) is 0 Å². The van der Waals surface area contributed by atoms with Crippen molar-refractivity contribution in [1.29, 1.82) is 0 Å². The molecule has 1 aromatic carbocycles. The summed E-state index contributed by atoms with van der Waals surface area (Å²) in [7, 11) is 0. The SMILES string of the molecule is Cc1ccn2c(NC(C)(C)C)c(-c3ccccc3Cl)nc2c1. The van der Waals surface area contributed by atoms with Gasteiger partial charge in [0.2, 0.25) is 0 Å². The molecule has 1 N–H and O–H groups in total. The van der Waals surface area contributed by atoms with E-state index in [1.807, 2.05) is 30.5 Å². The first-order valence-corrected chi connectivity index (χ1v) is 7.75. The molecule has 0 saturated carbocycles. The van der Waals surface area contributed by atoms with E-state index in [-0.39, 0.29) is 5.54 Å². The highest BCUT2D eigenvalue weighted by Crippen LogP contribution is 2.34. The quantitative estimate of drug-likeness (QED) is 0.707. The molecule has 2 heterocycles. The lowest BCUT2D eigenvalue weighted by molar-refractivity contribution is 0.629. The number of aryl methyl sites for hydroxylation is 1. The normalized spacial score (nSPS) is 11.9. The van der Waals surface area contributed by atoms with Crippen molar-refractivity contribution < 1.29 is 0 Å². The third-order valence-corrected chi connectivity index (χ3v) is 3.73. The second kappa shape index (κ2) is 5.33. The molecule has 0 aliphatic rings. The number of anilines is 1. The van der Waals surface area contributed by atoms with E-state index in [0.717, 1.165) is 22.7 Å². The zero-order valence-electron chi connectivity index (χ0n) is 13.3. The Morgan fingerprint density at radius 2 is 1.86 bits per heavy atom. The van der Waals surface area contributed by atoms with E-state index >= 15 is 0 Å². The molecule has 4 heteroatoms. The molecule has 114 valence electrons. The lowest BCUT2D eigenvalue weighted by atomic mass is 10.1. The largest absolute Gasteiger partial charge is 0.365 e. The summed E-state index contributed by atoms with van der Waals surface area (Å²) in [5.41, 5.74) is 3.85. The number of halogens is 1. The second-order valence-corrected chi connectivity index (χ2v) is 7.00. The molecule has 0 unspecified atom stereocenters. The number of aromatic nitrogens is 2. The van der Waals surface area contributed by atoms with Crippen LogP contribution in [0.4, 0.5) is 5.82 Å². The molecule has 0 atom stereocenters. The van der Waals surface area contributed by atoms with Crippen molar-refractivity contribution in [2.45, 2.75) is 33.2 Å². The standard InChI is InChI=1S/C18H20ClN3/c1-12-9-10-22-15(11-12)20-16(17(22)21-18(2,3)4)13-7-5-6-8-14(13)19/h5-11,21H,1-4H3. The summed E-state index contributed by atoms with van der Waals surface area (Å²) in [6.07, 6.45) is 2.05. The second-order valence-electron chi connectivity index (χ2n) is 6.60. The minimum Gasteiger partial charge on any atom is -0.365 e. The molecule has 2 aromatic heterocycles. The van der Waals surface area contributed by atoms with Crippen LogP contribution in [0.5, 0.6) is 0 Å². The minimum absolute atomic E-state index is 0.0726. The van der Waals surface area contributed by atoms with Crippen molar-refractivity contribution in [3.05, 3.63) is 53.2 Å². The Kier molecular flexibility index (Phi) is 3.61. The van der Waals surface area contributed by atoms with Crippen LogP contribution in [0, 0.1) is 6.92 Å². The number of pyridine rings is 1. The number of hydrogen-bond donors (Lipinski definition) is 1. The molecule has 22 heavy (non-hydrogen) atoms. The highest BCUT2D eigenvalue weighted by molar-refractivity contribution is 6.33. The van der Waals surface area contributed by atoms with Crippen molar-refractivity contribution in [1.82, 2.24) is 9.38 Å². The van der Waals surface area contributed by atoms with Gasteiger partial charge < -0.3 is 5.32 Å². The van der Waals surface area contributed by atoms with Crippen LogP contribution in [0.15, 0.2) is 42.6 Å². The Bertz CT molecular complexity index is 828. The van der Waals surface area contributed by atoms with E-state index < -0.39 is 0 Å². The molecular weight excluding hydrogens is 294 g/mol. The van der Waals surface area contributed by atoms with E-state index in [4.69, 9.17) is 16.6 Å². The average molecular weight is 314 g/mol. The van der Waals surface area contributed by atoms with Crippen molar-refractivity contribution in [2.75, 3.05) is 5.32 Å². The van der Waals surface area contributed by atoms with Gasteiger partial charge in [0.1, 0.15) is 17.2 Å². The predicted molar refractivity (Wildman–Crippen MR) is 93.8 cm³/mol. The summed E-state index contributed by atoms with van der Waals surface area (Å²) in [4.78, 5) is 4.80. The Morgan fingerprint density at radius 1 is 1.14 bits per heavy atom. The average Bonchev–Trinajstić information content (AvgIpc) is 2.75. The van der Waals surface area contributed by atoms with Crippen molar-refractivity contribution in [3.8, 4) is 11.3 Å². The number of fused-ring (bicyclic) bond motifs is 1. The van der Waals surface area contributed by atoms with Gasteiger partial charge in [-0.3, -0.25) is 4.40 Å². The zero-order chi connectivity index (χ0) is 15.9. The maximum atomic E-state index is 6.38. The minimum atomic E-state index is -0.0726. The first kappa shape index (κ1) is 14.9. The van der Waals surface area contributed by atoms with Gasteiger partial charge in [-0.05, 0) is 51.5 Å². The van der Waals surface area contributed by atoms with Crippen molar-refractivity contribution >= 4 is 23.1 Å². The van der Waals surface area contributed by atoms with Gasteiger partial charge in [-0.2, -0.15) is 0 Å².